The van der Waals surface area contributed by atoms with Crippen molar-refractivity contribution in [3.05, 3.63) is 83.4 Å². The highest BCUT2D eigenvalue weighted by molar-refractivity contribution is 6.30. The number of benzene rings is 2. The lowest BCUT2D eigenvalue weighted by atomic mass is 10.1. The Morgan fingerprint density at radius 3 is 2.73 bits per heavy atom. The van der Waals surface area contributed by atoms with Crippen molar-refractivity contribution in [2.24, 2.45) is 0 Å². The number of hydrogen-bond acceptors (Lipinski definition) is 2. The monoisotopic (exact) mass is 388 g/mol. The largest absolute Gasteiger partial charge is 0.493 e. The summed E-state index contributed by atoms with van der Waals surface area (Å²) in [6.07, 6.45) is 11.8. The predicted molar refractivity (Wildman–Crippen MR) is 111 cm³/mol. The summed E-state index contributed by atoms with van der Waals surface area (Å²) < 4.78 is 8.05. The van der Waals surface area contributed by atoms with Gasteiger partial charge >= 0.3 is 0 Å². The van der Waals surface area contributed by atoms with Gasteiger partial charge in [-0.1, -0.05) is 54.1 Å². The molecule has 0 aliphatic rings. The zero-order chi connectivity index (χ0) is 17.3. The third-order valence-corrected chi connectivity index (χ3v) is 4.09. The van der Waals surface area contributed by atoms with Gasteiger partial charge in [0, 0.05) is 29.5 Å². The molecule has 0 N–H and O–H groups in total. The Bertz CT molecular complexity index is 816. The molecule has 0 unspecified atom stereocenters. The number of imidazole rings is 1. The highest BCUT2D eigenvalue weighted by atomic mass is 35.5. The number of nitrogens with zero attached hydrogens (tertiary/aromatic N) is 2. The summed E-state index contributed by atoms with van der Waals surface area (Å²) in [5, 5.41) is 0.740. The number of halogens is 2. The first kappa shape index (κ1) is 20.1. The standard InChI is InChI=1S/C21H21ClN2O.ClH/c22-20-8-5-6-18(16-20)10-11-19-7-1-2-9-21(19)25-15-4-3-13-24-14-12-23-17-24;/h1-2,5-12,14,16-17H,3-4,13,15H2;1H/b11-10+;. The van der Waals surface area contributed by atoms with Crippen molar-refractivity contribution in [1.82, 2.24) is 9.55 Å². The van der Waals surface area contributed by atoms with Crippen molar-refractivity contribution in [2.45, 2.75) is 19.4 Å². The Hall–Kier alpha value is -2.23. The summed E-state index contributed by atoms with van der Waals surface area (Å²) in [6.45, 7) is 1.68. The zero-order valence-corrected chi connectivity index (χ0v) is 16.0. The van der Waals surface area contributed by atoms with E-state index in [1.807, 2.05) is 61.1 Å². The van der Waals surface area contributed by atoms with E-state index in [9.17, 15) is 0 Å². The lowest BCUT2D eigenvalue weighted by Crippen LogP contribution is -2.01. The second kappa shape index (κ2) is 10.7. The topological polar surface area (TPSA) is 27.1 Å². The molecule has 0 saturated carbocycles. The Kier molecular flexibility index (Phi) is 8.26. The molecular weight excluding hydrogens is 367 g/mol. The second-order valence-corrected chi connectivity index (χ2v) is 6.22. The molecule has 3 aromatic rings. The minimum atomic E-state index is 0. The van der Waals surface area contributed by atoms with Crippen LogP contribution in [-0.4, -0.2) is 16.2 Å². The predicted octanol–water partition coefficient (Wildman–Crippen LogP) is 5.99. The second-order valence-electron chi connectivity index (χ2n) is 5.78. The van der Waals surface area contributed by atoms with Crippen molar-refractivity contribution in [2.75, 3.05) is 6.61 Å². The highest BCUT2D eigenvalue weighted by Gasteiger charge is 2.00. The summed E-state index contributed by atoms with van der Waals surface area (Å²) in [4.78, 5) is 4.05. The van der Waals surface area contributed by atoms with Crippen LogP contribution in [-0.2, 0) is 6.54 Å². The number of unbranched alkanes of at least 4 members (excludes halogenated alkanes) is 1. The van der Waals surface area contributed by atoms with Gasteiger partial charge in [0.1, 0.15) is 5.75 Å². The van der Waals surface area contributed by atoms with E-state index < -0.39 is 0 Å². The van der Waals surface area contributed by atoms with Crippen LogP contribution in [0.5, 0.6) is 5.75 Å². The Balaban J connectivity index is 0.00000243. The maximum Gasteiger partial charge on any atom is 0.126 e. The fraction of sp³-hybridized carbons (Fsp3) is 0.190. The van der Waals surface area contributed by atoms with Gasteiger partial charge < -0.3 is 9.30 Å². The van der Waals surface area contributed by atoms with Gasteiger partial charge in [0.25, 0.3) is 0 Å². The molecule has 0 atom stereocenters. The molecular formula is C21H22Cl2N2O. The van der Waals surface area contributed by atoms with Gasteiger partial charge in [0.15, 0.2) is 0 Å². The Morgan fingerprint density at radius 1 is 1.04 bits per heavy atom. The first-order valence-corrected chi connectivity index (χ1v) is 8.80. The van der Waals surface area contributed by atoms with Gasteiger partial charge in [-0.15, -0.1) is 12.4 Å². The normalized spacial score (nSPS) is 10.7. The van der Waals surface area contributed by atoms with Crippen LogP contribution in [0.15, 0.2) is 67.3 Å². The van der Waals surface area contributed by atoms with E-state index in [0.29, 0.717) is 6.61 Å². The quantitative estimate of drug-likeness (QED) is 0.350. The smallest absolute Gasteiger partial charge is 0.126 e. The van der Waals surface area contributed by atoms with Gasteiger partial charge in [-0.25, -0.2) is 4.98 Å². The molecule has 2 aromatic carbocycles. The van der Waals surface area contributed by atoms with Crippen molar-refractivity contribution in [3.8, 4) is 5.75 Å². The lowest BCUT2D eigenvalue weighted by Gasteiger charge is -2.09. The minimum Gasteiger partial charge on any atom is -0.493 e. The maximum absolute atomic E-state index is 6.03. The summed E-state index contributed by atoms with van der Waals surface area (Å²) in [5.74, 6) is 0.906. The molecule has 5 heteroatoms. The zero-order valence-electron chi connectivity index (χ0n) is 14.4. The van der Waals surface area contributed by atoms with Crippen LogP contribution in [0.4, 0.5) is 0 Å². The number of aryl methyl sites for hydroxylation is 1. The van der Waals surface area contributed by atoms with Crippen molar-refractivity contribution in [1.29, 1.82) is 0 Å². The van der Waals surface area contributed by atoms with Crippen molar-refractivity contribution >= 4 is 36.2 Å². The summed E-state index contributed by atoms with van der Waals surface area (Å²) in [7, 11) is 0. The Labute approximate surface area is 165 Å². The van der Waals surface area contributed by atoms with E-state index in [2.05, 4.69) is 21.7 Å². The molecule has 3 rings (SSSR count). The van der Waals surface area contributed by atoms with Crippen molar-refractivity contribution < 1.29 is 4.74 Å². The average molecular weight is 389 g/mol. The van der Waals surface area contributed by atoms with Crippen LogP contribution in [0.25, 0.3) is 12.2 Å². The molecule has 136 valence electrons. The third-order valence-electron chi connectivity index (χ3n) is 3.85. The number of para-hydroxylation sites is 1. The van der Waals surface area contributed by atoms with Gasteiger partial charge in [0.05, 0.1) is 12.9 Å². The van der Waals surface area contributed by atoms with E-state index in [1.54, 1.807) is 6.20 Å². The van der Waals surface area contributed by atoms with Crippen LogP contribution < -0.4 is 4.74 Å². The highest BCUT2D eigenvalue weighted by Crippen LogP contribution is 2.21. The summed E-state index contributed by atoms with van der Waals surface area (Å²) in [5.41, 5.74) is 2.14. The van der Waals surface area contributed by atoms with Gasteiger partial charge in [-0.2, -0.15) is 0 Å². The molecule has 0 aliphatic carbocycles. The minimum absolute atomic E-state index is 0. The number of rotatable bonds is 8. The van der Waals surface area contributed by atoms with Crippen LogP contribution in [0.3, 0.4) is 0 Å². The molecule has 0 amide bonds. The molecule has 0 spiro atoms. The number of ether oxygens (including phenoxy) is 1. The van der Waals surface area contributed by atoms with Crippen LogP contribution in [0, 0.1) is 0 Å². The van der Waals surface area contributed by atoms with Gasteiger partial charge in [-0.05, 0) is 36.6 Å². The van der Waals surface area contributed by atoms with Crippen molar-refractivity contribution in [3.63, 3.8) is 0 Å². The van der Waals surface area contributed by atoms with Crippen LogP contribution >= 0.6 is 24.0 Å². The fourth-order valence-corrected chi connectivity index (χ4v) is 2.74. The molecule has 0 bridgehead atoms. The fourth-order valence-electron chi connectivity index (χ4n) is 2.54. The molecule has 26 heavy (non-hydrogen) atoms. The lowest BCUT2D eigenvalue weighted by molar-refractivity contribution is 0.302. The maximum atomic E-state index is 6.03. The molecule has 3 nitrogen and oxygen atoms in total. The first-order chi connectivity index (χ1) is 12.3. The average Bonchev–Trinajstić information content (AvgIpc) is 3.14. The third kappa shape index (κ3) is 6.25. The molecule has 0 radical (unpaired) electrons. The van der Waals surface area contributed by atoms with Crippen LogP contribution in [0.1, 0.15) is 24.0 Å². The number of aromatic nitrogens is 2. The van der Waals surface area contributed by atoms with E-state index in [-0.39, 0.29) is 12.4 Å². The summed E-state index contributed by atoms with van der Waals surface area (Å²) >= 11 is 6.03. The van der Waals surface area contributed by atoms with E-state index in [1.165, 1.54) is 0 Å². The SMILES string of the molecule is Cl.Clc1cccc(/C=C/c2ccccc2OCCCCn2ccnc2)c1. The Morgan fingerprint density at radius 2 is 1.92 bits per heavy atom. The molecule has 0 aliphatic heterocycles. The molecule has 1 heterocycles. The van der Waals surface area contributed by atoms with E-state index >= 15 is 0 Å². The molecule has 0 saturated heterocycles. The van der Waals surface area contributed by atoms with Gasteiger partial charge in [-0.3, -0.25) is 0 Å². The molecule has 1 aromatic heterocycles. The first-order valence-electron chi connectivity index (χ1n) is 8.42. The number of hydrogen-bond donors (Lipinski definition) is 0. The van der Waals surface area contributed by atoms with Gasteiger partial charge in [0.2, 0.25) is 0 Å². The molecule has 0 fully saturated rings. The summed E-state index contributed by atoms with van der Waals surface area (Å²) in [6, 6.07) is 15.9. The van der Waals surface area contributed by atoms with E-state index in [4.69, 9.17) is 16.3 Å². The van der Waals surface area contributed by atoms with E-state index in [0.717, 1.165) is 41.3 Å². The van der Waals surface area contributed by atoms with Crippen LogP contribution in [0.2, 0.25) is 5.02 Å².